The molecule has 0 aliphatic carbocycles. The molecule has 0 unspecified atom stereocenters. The Balaban J connectivity index is 2.83. The predicted molar refractivity (Wildman–Crippen MR) is 48.7 cm³/mol. The summed E-state index contributed by atoms with van der Waals surface area (Å²) < 4.78 is 4.58. The molecule has 0 bridgehead atoms. The Morgan fingerprint density at radius 1 is 1.54 bits per heavy atom. The summed E-state index contributed by atoms with van der Waals surface area (Å²) in [7, 11) is 0. The Labute approximate surface area is 83.9 Å². The maximum Gasteiger partial charge on any atom is 0.330 e. The third-order valence-corrected chi connectivity index (χ3v) is 1.37. The highest BCUT2D eigenvalue weighted by Gasteiger charge is 2.07. The zero-order valence-corrected chi connectivity index (χ0v) is 7.92. The lowest BCUT2D eigenvalue weighted by atomic mass is 10.8. The number of anilines is 1. The first-order chi connectivity index (χ1) is 6.11. The van der Waals surface area contributed by atoms with E-state index in [9.17, 15) is 4.79 Å². The van der Waals surface area contributed by atoms with Crippen LogP contribution in [0.2, 0.25) is 5.28 Å². The van der Waals surface area contributed by atoms with Gasteiger partial charge in [0.05, 0.1) is 5.75 Å². The van der Waals surface area contributed by atoms with Crippen molar-refractivity contribution < 1.29 is 9.53 Å². The third-order valence-electron chi connectivity index (χ3n) is 0.939. The highest BCUT2D eigenvalue weighted by Crippen LogP contribution is 2.08. The number of nitrogens with zero attached hydrogens (tertiary/aromatic N) is 3. The minimum atomic E-state index is -0.593. The van der Waals surface area contributed by atoms with Gasteiger partial charge in [-0.2, -0.15) is 27.6 Å². The van der Waals surface area contributed by atoms with Crippen LogP contribution in [-0.4, -0.2) is 26.7 Å². The molecule has 70 valence electrons. The van der Waals surface area contributed by atoms with E-state index in [2.05, 4.69) is 32.3 Å². The molecule has 0 aliphatic rings. The van der Waals surface area contributed by atoms with Crippen molar-refractivity contribution in [3.05, 3.63) is 5.28 Å². The molecule has 1 aromatic rings. The molecule has 6 nitrogen and oxygen atoms in total. The van der Waals surface area contributed by atoms with Crippen LogP contribution in [0, 0.1) is 0 Å². The molecule has 0 fully saturated rings. The fourth-order valence-electron chi connectivity index (χ4n) is 0.526. The minimum Gasteiger partial charge on any atom is -0.390 e. The highest BCUT2D eigenvalue weighted by atomic mass is 35.5. The zero-order chi connectivity index (χ0) is 9.84. The number of hydrogen-bond acceptors (Lipinski definition) is 7. The van der Waals surface area contributed by atoms with Gasteiger partial charge in [0, 0.05) is 0 Å². The quantitative estimate of drug-likeness (QED) is 0.536. The van der Waals surface area contributed by atoms with Crippen molar-refractivity contribution in [3.8, 4) is 6.01 Å². The SMILES string of the molecule is Nc1nc(Cl)nc(OC(=O)CS)n1. The summed E-state index contributed by atoms with van der Waals surface area (Å²) in [5.41, 5.74) is 5.22. The number of ether oxygens (including phenoxy) is 1. The number of nitrogens with two attached hydrogens (primary N) is 1. The van der Waals surface area contributed by atoms with E-state index in [-0.39, 0.29) is 23.0 Å². The van der Waals surface area contributed by atoms with Gasteiger partial charge in [0.2, 0.25) is 11.2 Å². The van der Waals surface area contributed by atoms with Crippen LogP contribution < -0.4 is 10.5 Å². The summed E-state index contributed by atoms with van der Waals surface area (Å²) in [4.78, 5) is 21.2. The maximum atomic E-state index is 10.7. The van der Waals surface area contributed by atoms with Crippen molar-refractivity contribution in [1.82, 2.24) is 15.0 Å². The standard InChI is InChI=1S/C5H5ClN4O2S/c6-3-8-4(7)10-5(9-3)12-2(11)1-13/h13H,1H2,(H2,7,8,9,10). The number of carbonyl (C=O) groups excluding carboxylic acids is 1. The Morgan fingerprint density at radius 2 is 2.23 bits per heavy atom. The van der Waals surface area contributed by atoms with E-state index in [1.54, 1.807) is 0 Å². The Morgan fingerprint density at radius 3 is 2.77 bits per heavy atom. The average molecular weight is 221 g/mol. The van der Waals surface area contributed by atoms with E-state index in [1.165, 1.54) is 0 Å². The van der Waals surface area contributed by atoms with Crippen molar-refractivity contribution in [1.29, 1.82) is 0 Å². The van der Waals surface area contributed by atoms with E-state index in [1.807, 2.05) is 0 Å². The van der Waals surface area contributed by atoms with Gasteiger partial charge < -0.3 is 10.5 Å². The summed E-state index contributed by atoms with van der Waals surface area (Å²) in [6.45, 7) is 0. The molecule has 0 aliphatic heterocycles. The van der Waals surface area contributed by atoms with Crippen LogP contribution >= 0.6 is 24.2 Å². The van der Waals surface area contributed by atoms with Crippen LogP contribution in [0.15, 0.2) is 0 Å². The smallest absolute Gasteiger partial charge is 0.330 e. The Bertz CT molecular complexity index is 314. The summed E-state index contributed by atoms with van der Waals surface area (Å²) >= 11 is 9.11. The van der Waals surface area contributed by atoms with Gasteiger partial charge in [0.1, 0.15) is 0 Å². The third kappa shape index (κ3) is 3.03. The van der Waals surface area contributed by atoms with Crippen molar-refractivity contribution in [2.24, 2.45) is 0 Å². The van der Waals surface area contributed by atoms with Crippen molar-refractivity contribution >= 4 is 36.1 Å². The highest BCUT2D eigenvalue weighted by molar-refractivity contribution is 7.81. The Kier molecular flexibility index (Phi) is 3.26. The molecule has 8 heteroatoms. The fraction of sp³-hybridized carbons (Fsp3) is 0.200. The molecule has 0 saturated heterocycles. The first-order valence-electron chi connectivity index (χ1n) is 3.10. The molecule has 1 aromatic heterocycles. The van der Waals surface area contributed by atoms with Crippen molar-refractivity contribution in [2.45, 2.75) is 0 Å². The normalized spacial score (nSPS) is 9.69. The van der Waals surface area contributed by atoms with Crippen LogP contribution in [0.1, 0.15) is 0 Å². The summed E-state index contributed by atoms with van der Waals surface area (Å²) in [5.74, 6) is -0.782. The first-order valence-corrected chi connectivity index (χ1v) is 4.11. The lowest BCUT2D eigenvalue weighted by Gasteiger charge is -2.00. The van der Waals surface area contributed by atoms with Gasteiger partial charge in [0.25, 0.3) is 0 Å². The second-order valence-corrected chi connectivity index (χ2v) is 2.53. The number of hydrogen-bond donors (Lipinski definition) is 2. The molecule has 1 rings (SSSR count). The molecule has 0 amide bonds. The molecular formula is C5H5ClN4O2S. The lowest BCUT2D eigenvalue weighted by Crippen LogP contribution is -2.12. The molecule has 0 aromatic carbocycles. The molecule has 0 atom stereocenters. The number of carbonyl (C=O) groups is 1. The predicted octanol–water partition coefficient (Wildman–Crippen LogP) is -0.0576. The minimum absolute atomic E-state index is 0.0802. The molecule has 2 N–H and O–H groups in total. The van der Waals surface area contributed by atoms with Gasteiger partial charge in [-0.1, -0.05) is 0 Å². The van der Waals surface area contributed by atoms with Gasteiger partial charge in [-0.3, -0.25) is 4.79 Å². The van der Waals surface area contributed by atoms with Crippen molar-refractivity contribution in [3.63, 3.8) is 0 Å². The number of halogens is 1. The lowest BCUT2D eigenvalue weighted by molar-refractivity contribution is -0.131. The molecule has 0 radical (unpaired) electrons. The van der Waals surface area contributed by atoms with Gasteiger partial charge in [-0.25, -0.2) is 0 Å². The first kappa shape index (κ1) is 10.0. The van der Waals surface area contributed by atoms with Crippen LogP contribution in [0.5, 0.6) is 6.01 Å². The fourth-order valence-corrected chi connectivity index (χ4v) is 0.750. The second-order valence-electron chi connectivity index (χ2n) is 1.88. The number of rotatable bonds is 2. The van der Waals surface area contributed by atoms with Gasteiger partial charge in [-0.15, -0.1) is 0 Å². The summed E-state index contributed by atoms with van der Waals surface area (Å²) in [5, 5.41) is -0.130. The van der Waals surface area contributed by atoms with Gasteiger partial charge >= 0.3 is 12.0 Å². The topological polar surface area (TPSA) is 91.0 Å². The molecule has 1 heterocycles. The maximum absolute atomic E-state index is 10.7. The molecule has 13 heavy (non-hydrogen) atoms. The van der Waals surface area contributed by atoms with Crippen LogP contribution in [0.25, 0.3) is 0 Å². The monoisotopic (exact) mass is 220 g/mol. The largest absolute Gasteiger partial charge is 0.390 e. The number of nitrogen functional groups attached to an aromatic ring is 1. The number of esters is 1. The number of thiol groups is 1. The summed E-state index contributed by atoms with van der Waals surface area (Å²) in [6.07, 6.45) is 0. The van der Waals surface area contributed by atoms with Crippen LogP contribution in [0.4, 0.5) is 5.95 Å². The van der Waals surface area contributed by atoms with E-state index in [0.717, 1.165) is 0 Å². The van der Waals surface area contributed by atoms with Gasteiger partial charge in [-0.05, 0) is 11.6 Å². The van der Waals surface area contributed by atoms with E-state index in [0.29, 0.717) is 0 Å². The summed E-state index contributed by atoms with van der Waals surface area (Å²) in [6, 6.07) is -0.225. The van der Waals surface area contributed by atoms with E-state index >= 15 is 0 Å². The average Bonchev–Trinajstić information content (AvgIpc) is 2.02. The number of aromatic nitrogens is 3. The molecular weight excluding hydrogens is 216 g/mol. The molecule has 0 saturated carbocycles. The van der Waals surface area contributed by atoms with Crippen LogP contribution in [-0.2, 0) is 4.79 Å². The second kappa shape index (κ2) is 4.24. The van der Waals surface area contributed by atoms with E-state index < -0.39 is 5.97 Å². The van der Waals surface area contributed by atoms with Crippen LogP contribution in [0.3, 0.4) is 0 Å². The van der Waals surface area contributed by atoms with Crippen molar-refractivity contribution in [2.75, 3.05) is 11.5 Å². The van der Waals surface area contributed by atoms with E-state index in [4.69, 9.17) is 17.3 Å². The molecule has 0 spiro atoms. The Hall–Kier alpha value is -1.08. The zero-order valence-electron chi connectivity index (χ0n) is 6.27. The van der Waals surface area contributed by atoms with Gasteiger partial charge in [0.15, 0.2) is 0 Å².